The normalized spacial score (nSPS) is 9.64. The molecule has 0 bridgehead atoms. The highest BCUT2D eigenvalue weighted by atomic mass is 35.5. The average molecular weight is 325 g/mol. The molecule has 0 aliphatic carbocycles. The molecule has 0 atom stereocenters. The lowest BCUT2D eigenvalue weighted by Crippen LogP contribution is -2.05. The van der Waals surface area contributed by atoms with E-state index in [9.17, 15) is 10.1 Å². The Morgan fingerprint density at radius 3 is 2.18 bits per heavy atom. The fourth-order valence-corrected chi connectivity index (χ4v) is 1.73. The smallest absolute Gasteiger partial charge is 0.273 e. The van der Waals surface area contributed by atoms with Crippen LogP contribution in [0.4, 0.5) is 11.4 Å². The molecule has 0 amide bonds. The molecule has 6 nitrogen and oxygen atoms in total. The van der Waals surface area contributed by atoms with Gasteiger partial charge in [0.25, 0.3) is 5.69 Å². The van der Waals surface area contributed by atoms with Gasteiger partial charge in [-0.25, -0.2) is 0 Å². The van der Waals surface area contributed by atoms with Crippen LogP contribution in [0.25, 0.3) is 0 Å². The quantitative estimate of drug-likeness (QED) is 0.365. The van der Waals surface area contributed by atoms with E-state index in [0.29, 0.717) is 36.8 Å². The molecule has 2 rings (SSSR count). The molecule has 7 heteroatoms. The van der Waals surface area contributed by atoms with Gasteiger partial charge in [-0.1, -0.05) is 12.1 Å². The molecular formula is C15H17ClN2O4. The van der Waals surface area contributed by atoms with E-state index in [-0.39, 0.29) is 18.1 Å². The lowest BCUT2D eigenvalue weighted by molar-refractivity contribution is -0.384. The van der Waals surface area contributed by atoms with Gasteiger partial charge in [-0.15, -0.1) is 12.4 Å². The minimum Gasteiger partial charge on any atom is -0.493 e. The van der Waals surface area contributed by atoms with E-state index in [0.717, 1.165) is 0 Å². The van der Waals surface area contributed by atoms with Crippen LogP contribution in [0.5, 0.6) is 11.5 Å². The number of nitrogens with two attached hydrogens (primary N) is 1. The minimum absolute atomic E-state index is 0. The summed E-state index contributed by atoms with van der Waals surface area (Å²) in [4.78, 5) is 10.2. The number of rotatable bonds is 7. The standard InChI is InChI=1S/C15H16N2O4.ClH/c16-12-4-1-6-14(10-12)20-8-3-9-21-15-7-2-5-13(11-15)17(18)19;/h1-2,4-7,10-11H,3,8-9,16H2;1H. The van der Waals surface area contributed by atoms with Crippen LogP contribution < -0.4 is 15.2 Å². The highest BCUT2D eigenvalue weighted by Gasteiger charge is 2.05. The van der Waals surface area contributed by atoms with Gasteiger partial charge >= 0.3 is 0 Å². The van der Waals surface area contributed by atoms with Gasteiger partial charge in [-0.3, -0.25) is 10.1 Å². The maximum absolute atomic E-state index is 10.6. The van der Waals surface area contributed by atoms with Crippen molar-refractivity contribution in [3.05, 3.63) is 58.6 Å². The third kappa shape index (κ3) is 5.49. The van der Waals surface area contributed by atoms with Crippen LogP contribution in [0.3, 0.4) is 0 Å². The summed E-state index contributed by atoms with van der Waals surface area (Å²) in [5.41, 5.74) is 6.31. The third-order valence-corrected chi connectivity index (χ3v) is 2.71. The number of nitro benzene ring substituents is 1. The Bertz CT molecular complexity index is 622. The summed E-state index contributed by atoms with van der Waals surface area (Å²) in [6.07, 6.45) is 0.664. The van der Waals surface area contributed by atoms with Crippen molar-refractivity contribution in [1.82, 2.24) is 0 Å². The summed E-state index contributed by atoms with van der Waals surface area (Å²) in [6.45, 7) is 0.905. The number of benzene rings is 2. The van der Waals surface area contributed by atoms with Crippen molar-refractivity contribution in [3.63, 3.8) is 0 Å². The zero-order valence-electron chi connectivity index (χ0n) is 11.8. The molecule has 118 valence electrons. The highest BCUT2D eigenvalue weighted by Crippen LogP contribution is 2.19. The number of ether oxygens (including phenoxy) is 2. The fourth-order valence-electron chi connectivity index (χ4n) is 1.73. The Balaban J connectivity index is 0.00000242. The molecule has 2 aromatic carbocycles. The van der Waals surface area contributed by atoms with Crippen LogP contribution in [0.15, 0.2) is 48.5 Å². The number of hydrogen-bond acceptors (Lipinski definition) is 5. The number of non-ortho nitro benzene ring substituents is 1. The topological polar surface area (TPSA) is 87.6 Å². The molecule has 0 saturated carbocycles. The van der Waals surface area contributed by atoms with E-state index < -0.39 is 4.92 Å². The summed E-state index contributed by atoms with van der Waals surface area (Å²) < 4.78 is 11.0. The van der Waals surface area contributed by atoms with Crippen molar-refractivity contribution in [2.45, 2.75) is 6.42 Å². The monoisotopic (exact) mass is 324 g/mol. The number of hydrogen-bond donors (Lipinski definition) is 1. The second-order valence-electron chi connectivity index (χ2n) is 4.38. The molecule has 0 spiro atoms. The van der Waals surface area contributed by atoms with Crippen molar-refractivity contribution < 1.29 is 14.4 Å². The van der Waals surface area contributed by atoms with Crippen molar-refractivity contribution in [3.8, 4) is 11.5 Å². The van der Waals surface area contributed by atoms with Crippen LogP contribution >= 0.6 is 12.4 Å². The second-order valence-corrected chi connectivity index (χ2v) is 4.38. The van der Waals surface area contributed by atoms with E-state index in [1.807, 2.05) is 12.1 Å². The van der Waals surface area contributed by atoms with Gasteiger partial charge in [0.15, 0.2) is 0 Å². The largest absolute Gasteiger partial charge is 0.493 e. The zero-order chi connectivity index (χ0) is 15.1. The van der Waals surface area contributed by atoms with Gasteiger partial charge < -0.3 is 15.2 Å². The van der Waals surface area contributed by atoms with Crippen LogP contribution in [-0.2, 0) is 0 Å². The van der Waals surface area contributed by atoms with Gasteiger partial charge in [0.05, 0.1) is 24.2 Å². The van der Waals surface area contributed by atoms with Crippen molar-refractivity contribution >= 4 is 23.8 Å². The predicted molar refractivity (Wildman–Crippen MR) is 86.8 cm³/mol. The van der Waals surface area contributed by atoms with E-state index in [1.165, 1.54) is 12.1 Å². The third-order valence-electron chi connectivity index (χ3n) is 2.71. The minimum atomic E-state index is -0.449. The van der Waals surface area contributed by atoms with Gasteiger partial charge in [0, 0.05) is 24.2 Å². The highest BCUT2D eigenvalue weighted by molar-refractivity contribution is 5.85. The summed E-state index contributed by atoms with van der Waals surface area (Å²) in [5, 5.41) is 10.6. The Kier molecular flexibility index (Phi) is 6.98. The number of halogens is 1. The molecule has 0 aliphatic rings. The number of nitrogens with zero attached hydrogens (tertiary/aromatic N) is 1. The molecule has 0 aromatic heterocycles. The maximum atomic E-state index is 10.6. The number of nitro groups is 1. The van der Waals surface area contributed by atoms with E-state index >= 15 is 0 Å². The Morgan fingerprint density at radius 2 is 1.59 bits per heavy atom. The molecule has 0 fully saturated rings. The SMILES string of the molecule is Cl.Nc1cccc(OCCCOc2cccc([N+](=O)[O-])c2)c1. The Labute approximate surface area is 134 Å². The van der Waals surface area contributed by atoms with E-state index in [4.69, 9.17) is 15.2 Å². The summed E-state index contributed by atoms with van der Waals surface area (Å²) >= 11 is 0. The Hall–Kier alpha value is -2.47. The van der Waals surface area contributed by atoms with Crippen LogP contribution in [0.2, 0.25) is 0 Å². The molecule has 2 aromatic rings. The van der Waals surface area contributed by atoms with Crippen molar-refractivity contribution in [1.29, 1.82) is 0 Å². The van der Waals surface area contributed by atoms with Gasteiger partial charge in [0.1, 0.15) is 11.5 Å². The molecular weight excluding hydrogens is 308 g/mol. The lowest BCUT2D eigenvalue weighted by atomic mass is 10.3. The molecule has 2 N–H and O–H groups in total. The first-order chi connectivity index (χ1) is 10.1. The number of anilines is 1. The first kappa shape index (κ1) is 17.6. The fraction of sp³-hybridized carbons (Fsp3) is 0.200. The molecule has 0 radical (unpaired) electrons. The van der Waals surface area contributed by atoms with Crippen molar-refractivity contribution in [2.75, 3.05) is 18.9 Å². The number of nitrogen functional groups attached to an aromatic ring is 1. The Morgan fingerprint density at radius 1 is 1.00 bits per heavy atom. The maximum Gasteiger partial charge on any atom is 0.273 e. The molecule has 0 aliphatic heterocycles. The van der Waals surface area contributed by atoms with Crippen LogP contribution in [0, 0.1) is 10.1 Å². The lowest BCUT2D eigenvalue weighted by Gasteiger charge is -2.08. The molecule has 22 heavy (non-hydrogen) atoms. The summed E-state index contributed by atoms with van der Waals surface area (Å²) in [6, 6.07) is 13.3. The van der Waals surface area contributed by atoms with E-state index in [1.54, 1.807) is 24.3 Å². The van der Waals surface area contributed by atoms with E-state index in [2.05, 4.69) is 0 Å². The molecule has 0 heterocycles. The van der Waals surface area contributed by atoms with Crippen LogP contribution in [-0.4, -0.2) is 18.1 Å². The second kappa shape index (κ2) is 8.74. The van der Waals surface area contributed by atoms with Gasteiger partial charge in [0.2, 0.25) is 0 Å². The predicted octanol–water partition coefficient (Wildman–Crippen LogP) is 3.45. The summed E-state index contributed by atoms with van der Waals surface area (Å²) in [7, 11) is 0. The van der Waals surface area contributed by atoms with Crippen LogP contribution in [0.1, 0.15) is 6.42 Å². The van der Waals surface area contributed by atoms with Gasteiger partial charge in [-0.2, -0.15) is 0 Å². The zero-order valence-corrected chi connectivity index (χ0v) is 12.6. The van der Waals surface area contributed by atoms with Crippen molar-refractivity contribution in [2.24, 2.45) is 0 Å². The average Bonchev–Trinajstić information content (AvgIpc) is 2.47. The first-order valence-corrected chi connectivity index (χ1v) is 6.51. The summed E-state index contributed by atoms with van der Waals surface area (Å²) in [5.74, 6) is 1.19. The first-order valence-electron chi connectivity index (χ1n) is 6.51. The molecule has 0 saturated heterocycles. The molecule has 0 unspecified atom stereocenters. The van der Waals surface area contributed by atoms with Gasteiger partial charge in [-0.05, 0) is 18.2 Å².